The third kappa shape index (κ3) is 5.14. The number of ether oxygens (including phenoxy) is 1. The third-order valence-electron chi connectivity index (χ3n) is 2.18. The van der Waals surface area contributed by atoms with Crippen LogP contribution >= 0.6 is 0 Å². The van der Waals surface area contributed by atoms with Crippen LogP contribution in [0.1, 0.15) is 31.9 Å². The molecule has 1 amide bonds. The Bertz CT molecular complexity index is 427. The highest BCUT2D eigenvalue weighted by molar-refractivity contribution is 5.66. The van der Waals surface area contributed by atoms with Gasteiger partial charge in [-0.25, -0.2) is 14.6 Å². The van der Waals surface area contributed by atoms with Crippen molar-refractivity contribution in [1.29, 1.82) is 0 Å². The van der Waals surface area contributed by atoms with Crippen molar-refractivity contribution in [2.75, 3.05) is 0 Å². The molecular formula is C13H19FN2O2. The molecule has 0 atom stereocenters. The van der Waals surface area contributed by atoms with Crippen molar-refractivity contribution >= 4 is 6.09 Å². The second kappa shape index (κ2) is 5.82. The van der Waals surface area contributed by atoms with Gasteiger partial charge in [0.2, 0.25) is 0 Å². The first-order valence-corrected chi connectivity index (χ1v) is 5.75. The molecule has 0 saturated heterocycles. The van der Waals surface area contributed by atoms with Crippen LogP contribution < -0.4 is 10.9 Å². The monoisotopic (exact) mass is 254 g/mol. The number of amides is 1. The fourth-order valence-electron chi connectivity index (χ4n) is 1.35. The maximum atomic E-state index is 13.0. The molecule has 5 heteroatoms. The first-order valence-electron chi connectivity index (χ1n) is 5.75. The van der Waals surface area contributed by atoms with E-state index in [2.05, 4.69) is 10.9 Å². The SMILES string of the molecule is Cc1ccc(F)cc1CNNC(=O)OC(C)(C)C. The van der Waals surface area contributed by atoms with Crippen LogP contribution in [-0.4, -0.2) is 11.7 Å². The number of rotatable bonds is 3. The van der Waals surface area contributed by atoms with Gasteiger partial charge in [-0.1, -0.05) is 6.07 Å². The maximum absolute atomic E-state index is 13.0. The number of hydrazine groups is 1. The summed E-state index contributed by atoms with van der Waals surface area (Å²) in [5.74, 6) is -0.297. The molecule has 0 fully saturated rings. The van der Waals surface area contributed by atoms with Crippen LogP contribution in [0.5, 0.6) is 0 Å². The van der Waals surface area contributed by atoms with E-state index in [-0.39, 0.29) is 5.82 Å². The van der Waals surface area contributed by atoms with Crippen LogP contribution in [0.4, 0.5) is 9.18 Å². The number of halogens is 1. The van der Waals surface area contributed by atoms with E-state index in [1.165, 1.54) is 12.1 Å². The molecule has 0 saturated carbocycles. The molecule has 1 aromatic rings. The van der Waals surface area contributed by atoms with E-state index < -0.39 is 11.7 Å². The fourth-order valence-corrected chi connectivity index (χ4v) is 1.35. The van der Waals surface area contributed by atoms with Gasteiger partial charge in [0.15, 0.2) is 0 Å². The van der Waals surface area contributed by atoms with Gasteiger partial charge in [-0.05, 0) is 51.0 Å². The molecule has 0 aliphatic heterocycles. The van der Waals surface area contributed by atoms with Crippen LogP contribution in [0.2, 0.25) is 0 Å². The van der Waals surface area contributed by atoms with E-state index in [1.54, 1.807) is 26.8 Å². The molecule has 100 valence electrons. The molecule has 0 radical (unpaired) electrons. The lowest BCUT2D eigenvalue weighted by molar-refractivity contribution is 0.0497. The molecule has 0 unspecified atom stereocenters. The summed E-state index contributed by atoms with van der Waals surface area (Å²) in [6.07, 6.45) is -0.559. The summed E-state index contributed by atoms with van der Waals surface area (Å²) in [5, 5.41) is 0. The van der Waals surface area contributed by atoms with Crippen molar-refractivity contribution in [3.8, 4) is 0 Å². The summed E-state index contributed by atoms with van der Waals surface area (Å²) in [5.41, 5.74) is 6.30. The predicted molar refractivity (Wildman–Crippen MR) is 67.3 cm³/mol. The molecule has 1 rings (SSSR count). The van der Waals surface area contributed by atoms with Gasteiger partial charge in [0.05, 0.1) is 0 Å². The molecule has 4 nitrogen and oxygen atoms in total. The first-order chi connectivity index (χ1) is 8.28. The van der Waals surface area contributed by atoms with E-state index >= 15 is 0 Å². The van der Waals surface area contributed by atoms with Gasteiger partial charge in [-0.2, -0.15) is 0 Å². The average Bonchev–Trinajstić information content (AvgIpc) is 2.20. The van der Waals surface area contributed by atoms with Crippen molar-refractivity contribution in [3.63, 3.8) is 0 Å². The summed E-state index contributed by atoms with van der Waals surface area (Å²) in [4.78, 5) is 11.3. The van der Waals surface area contributed by atoms with Crippen molar-refractivity contribution in [2.24, 2.45) is 0 Å². The predicted octanol–water partition coefficient (Wildman–Crippen LogP) is 2.66. The smallest absolute Gasteiger partial charge is 0.422 e. The number of aryl methyl sites for hydroxylation is 1. The van der Waals surface area contributed by atoms with Crippen LogP contribution in [0, 0.1) is 12.7 Å². The molecule has 18 heavy (non-hydrogen) atoms. The molecule has 0 aliphatic rings. The summed E-state index contributed by atoms with van der Waals surface area (Å²) in [6.45, 7) is 7.56. The topological polar surface area (TPSA) is 50.4 Å². The lowest BCUT2D eigenvalue weighted by Gasteiger charge is -2.20. The Morgan fingerprint density at radius 1 is 1.39 bits per heavy atom. The average molecular weight is 254 g/mol. The highest BCUT2D eigenvalue weighted by Crippen LogP contribution is 2.09. The number of nitrogens with one attached hydrogen (secondary N) is 2. The number of hydrogen-bond acceptors (Lipinski definition) is 3. The molecule has 0 heterocycles. The summed E-state index contributed by atoms with van der Waals surface area (Å²) in [7, 11) is 0. The second-order valence-corrected chi connectivity index (χ2v) is 5.05. The molecule has 0 bridgehead atoms. The van der Waals surface area contributed by atoms with Gasteiger partial charge < -0.3 is 4.74 Å². The zero-order valence-electron chi connectivity index (χ0n) is 11.1. The molecular weight excluding hydrogens is 235 g/mol. The van der Waals surface area contributed by atoms with Gasteiger partial charge >= 0.3 is 6.09 Å². The van der Waals surface area contributed by atoms with Gasteiger partial charge in [-0.3, -0.25) is 5.43 Å². The zero-order valence-corrected chi connectivity index (χ0v) is 11.1. The van der Waals surface area contributed by atoms with E-state index in [0.717, 1.165) is 11.1 Å². The summed E-state index contributed by atoms with van der Waals surface area (Å²) in [6, 6.07) is 4.53. The summed E-state index contributed by atoms with van der Waals surface area (Å²) >= 11 is 0. The minimum atomic E-state index is -0.559. The molecule has 0 aromatic heterocycles. The Labute approximate surface area is 106 Å². The summed E-state index contributed by atoms with van der Waals surface area (Å²) < 4.78 is 18.1. The third-order valence-corrected chi connectivity index (χ3v) is 2.18. The van der Waals surface area contributed by atoms with Crippen molar-refractivity contribution < 1.29 is 13.9 Å². The molecule has 2 N–H and O–H groups in total. The van der Waals surface area contributed by atoms with Crippen molar-refractivity contribution in [3.05, 3.63) is 35.1 Å². The highest BCUT2D eigenvalue weighted by Gasteiger charge is 2.15. The first kappa shape index (κ1) is 14.4. The van der Waals surface area contributed by atoms with Gasteiger partial charge in [0, 0.05) is 6.54 Å². The standard InChI is InChI=1S/C13H19FN2O2/c1-9-5-6-11(14)7-10(9)8-15-16-12(17)18-13(2,3)4/h5-7,15H,8H2,1-4H3,(H,16,17). The van der Waals surface area contributed by atoms with Crippen LogP contribution in [0.25, 0.3) is 0 Å². The normalized spacial score (nSPS) is 11.2. The Hall–Kier alpha value is -1.62. The van der Waals surface area contributed by atoms with Gasteiger partial charge in [0.1, 0.15) is 11.4 Å². The van der Waals surface area contributed by atoms with Crippen molar-refractivity contribution in [2.45, 2.75) is 39.8 Å². The Morgan fingerprint density at radius 3 is 2.67 bits per heavy atom. The number of benzene rings is 1. The Kier molecular flexibility index (Phi) is 4.67. The lowest BCUT2D eigenvalue weighted by atomic mass is 10.1. The van der Waals surface area contributed by atoms with Gasteiger partial charge in [0.25, 0.3) is 0 Å². The Balaban J connectivity index is 2.42. The van der Waals surface area contributed by atoms with Crippen molar-refractivity contribution in [1.82, 2.24) is 10.9 Å². The second-order valence-electron chi connectivity index (χ2n) is 5.05. The lowest BCUT2D eigenvalue weighted by Crippen LogP contribution is -2.40. The fraction of sp³-hybridized carbons (Fsp3) is 0.462. The number of carbonyl (C=O) groups is 1. The minimum absolute atomic E-state index is 0.297. The zero-order chi connectivity index (χ0) is 13.8. The van der Waals surface area contributed by atoms with E-state index in [9.17, 15) is 9.18 Å². The van der Waals surface area contributed by atoms with Gasteiger partial charge in [-0.15, -0.1) is 0 Å². The van der Waals surface area contributed by atoms with Crippen LogP contribution in [0.3, 0.4) is 0 Å². The van der Waals surface area contributed by atoms with Crippen LogP contribution in [0.15, 0.2) is 18.2 Å². The van der Waals surface area contributed by atoms with E-state index in [4.69, 9.17) is 4.74 Å². The molecule has 0 aliphatic carbocycles. The quantitative estimate of drug-likeness (QED) is 0.815. The largest absolute Gasteiger partial charge is 0.443 e. The maximum Gasteiger partial charge on any atom is 0.422 e. The minimum Gasteiger partial charge on any atom is -0.443 e. The highest BCUT2D eigenvalue weighted by atomic mass is 19.1. The molecule has 0 spiro atoms. The van der Waals surface area contributed by atoms with E-state index in [1.807, 2.05) is 6.92 Å². The Morgan fingerprint density at radius 2 is 2.06 bits per heavy atom. The van der Waals surface area contributed by atoms with Crippen LogP contribution in [-0.2, 0) is 11.3 Å². The number of carbonyl (C=O) groups excluding carboxylic acids is 1. The number of hydrogen-bond donors (Lipinski definition) is 2. The van der Waals surface area contributed by atoms with E-state index in [0.29, 0.717) is 6.54 Å². The molecule has 1 aromatic carbocycles.